The molecular weight excluding hydrogens is 390 g/mol. The maximum Gasteiger partial charge on any atom is 0.277 e. The molecule has 2 aromatic carbocycles. The number of methoxy groups -OCH3 is 1. The smallest absolute Gasteiger partial charge is 0.277 e. The molecule has 154 valence electrons. The quantitative estimate of drug-likeness (QED) is 0.610. The summed E-state index contributed by atoms with van der Waals surface area (Å²) in [4.78, 5) is 24.7. The van der Waals surface area contributed by atoms with Crippen molar-refractivity contribution < 1.29 is 23.8 Å². The molecule has 3 aromatic rings. The molecule has 1 aliphatic rings. The number of nitrogens with one attached hydrogen (secondary N) is 2. The van der Waals surface area contributed by atoms with Crippen LogP contribution in [0.15, 0.2) is 48.7 Å². The molecule has 10 nitrogen and oxygen atoms in total. The Kier molecular flexibility index (Phi) is 5.46. The lowest BCUT2D eigenvalue weighted by Gasteiger charge is -2.08. The predicted octanol–water partition coefficient (Wildman–Crippen LogP) is 1.70. The molecule has 2 amide bonds. The second kappa shape index (κ2) is 8.52. The average molecular weight is 409 g/mol. The van der Waals surface area contributed by atoms with Crippen LogP contribution in [0.25, 0.3) is 0 Å². The molecule has 0 aliphatic carbocycles. The highest BCUT2D eigenvalue weighted by atomic mass is 16.7. The number of aromatic nitrogens is 3. The van der Waals surface area contributed by atoms with E-state index in [1.807, 2.05) is 6.07 Å². The Hall–Kier alpha value is -4.08. The molecule has 0 bridgehead atoms. The summed E-state index contributed by atoms with van der Waals surface area (Å²) < 4.78 is 17.2. The molecule has 30 heavy (non-hydrogen) atoms. The van der Waals surface area contributed by atoms with Gasteiger partial charge in [-0.05, 0) is 30.3 Å². The lowest BCUT2D eigenvalue weighted by atomic mass is 10.2. The molecule has 0 spiro atoms. The lowest BCUT2D eigenvalue weighted by molar-refractivity contribution is 0.0950. The van der Waals surface area contributed by atoms with Crippen molar-refractivity contribution in [1.82, 2.24) is 20.3 Å². The maximum absolute atomic E-state index is 12.4. The fraction of sp³-hybridized carbons (Fsp3) is 0.200. The van der Waals surface area contributed by atoms with Gasteiger partial charge < -0.3 is 24.8 Å². The highest BCUT2D eigenvalue weighted by Gasteiger charge is 2.16. The van der Waals surface area contributed by atoms with E-state index in [0.29, 0.717) is 41.6 Å². The van der Waals surface area contributed by atoms with E-state index in [9.17, 15) is 9.59 Å². The van der Waals surface area contributed by atoms with Crippen molar-refractivity contribution in [3.63, 3.8) is 0 Å². The van der Waals surface area contributed by atoms with Crippen molar-refractivity contribution in [2.24, 2.45) is 0 Å². The number of carbonyl (C=O) groups excluding carboxylic acids is 2. The molecule has 0 saturated heterocycles. The standard InChI is InChI=1S/C20H19N5O5/c1-28-16-5-3-2-4-14(16)22-20(27)15-11-25(24-23-15)9-8-21-19(26)13-6-7-17-18(10-13)30-12-29-17/h2-7,10-11H,8-9,12H2,1H3,(H,21,26)(H,22,27). The molecule has 2 N–H and O–H groups in total. The first-order valence-corrected chi connectivity index (χ1v) is 9.16. The van der Waals surface area contributed by atoms with E-state index >= 15 is 0 Å². The zero-order valence-corrected chi connectivity index (χ0v) is 16.1. The normalized spacial score (nSPS) is 11.8. The van der Waals surface area contributed by atoms with Gasteiger partial charge in [-0.1, -0.05) is 17.3 Å². The van der Waals surface area contributed by atoms with Crippen molar-refractivity contribution in [2.75, 3.05) is 25.8 Å². The summed E-state index contributed by atoms with van der Waals surface area (Å²) in [6.07, 6.45) is 1.51. The van der Waals surface area contributed by atoms with Gasteiger partial charge in [0.2, 0.25) is 6.79 Å². The molecule has 4 rings (SSSR count). The van der Waals surface area contributed by atoms with Gasteiger partial charge in [-0.3, -0.25) is 9.59 Å². The van der Waals surface area contributed by atoms with Gasteiger partial charge in [0.05, 0.1) is 25.5 Å². The second-order valence-electron chi connectivity index (χ2n) is 6.35. The lowest BCUT2D eigenvalue weighted by Crippen LogP contribution is -2.27. The number of para-hydroxylation sites is 2. The van der Waals surface area contributed by atoms with E-state index in [0.717, 1.165) is 0 Å². The third kappa shape index (κ3) is 4.17. The molecule has 0 atom stereocenters. The van der Waals surface area contributed by atoms with Crippen LogP contribution >= 0.6 is 0 Å². The van der Waals surface area contributed by atoms with E-state index in [1.165, 1.54) is 18.0 Å². The number of ether oxygens (including phenoxy) is 3. The average Bonchev–Trinajstić information content (AvgIpc) is 3.43. The van der Waals surface area contributed by atoms with Gasteiger partial charge in [0.25, 0.3) is 11.8 Å². The number of benzene rings is 2. The first kappa shape index (κ1) is 19.2. The summed E-state index contributed by atoms with van der Waals surface area (Å²) in [5.41, 5.74) is 1.16. The Morgan fingerprint density at radius 1 is 1.13 bits per heavy atom. The van der Waals surface area contributed by atoms with Crippen molar-refractivity contribution in [3.05, 3.63) is 59.9 Å². The predicted molar refractivity (Wildman–Crippen MR) is 106 cm³/mol. The molecule has 0 unspecified atom stereocenters. The number of fused-ring (bicyclic) bond motifs is 1. The van der Waals surface area contributed by atoms with Gasteiger partial charge in [-0.15, -0.1) is 5.10 Å². The van der Waals surface area contributed by atoms with Gasteiger partial charge in [0.15, 0.2) is 17.2 Å². The van der Waals surface area contributed by atoms with Crippen LogP contribution in [0.3, 0.4) is 0 Å². The van der Waals surface area contributed by atoms with Crippen LogP contribution in [0.4, 0.5) is 5.69 Å². The number of rotatable bonds is 7. The Morgan fingerprint density at radius 2 is 1.97 bits per heavy atom. The zero-order valence-electron chi connectivity index (χ0n) is 16.1. The zero-order chi connectivity index (χ0) is 20.9. The number of carbonyl (C=O) groups is 2. The minimum atomic E-state index is -0.407. The van der Waals surface area contributed by atoms with Crippen LogP contribution in [-0.2, 0) is 6.54 Å². The van der Waals surface area contributed by atoms with Crippen LogP contribution in [-0.4, -0.2) is 47.3 Å². The molecular formula is C20H19N5O5. The molecule has 0 saturated carbocycles. The molecule has 0 fully saturated rings. The number of nitrogens with zero attached hydrogens (tertiary/aromatic N) is 3. The summed E-state index contributed by atoms with van der Waals surface area (Å²) in [6, 6.07) is 12.1. The first-order chi connectivity index (χ1) is 14.6. The molecule has 1 aliphatic heterocycles. The second-order valence-corrected chi connectivity index (χ2v) is 6.35. The Labute approximate surface area is 171 Å². The highest BCUT2D eigenvalue weighted by molar-refractivity contribution is 6.03. The monoisotopic (exact) mass is 409 g/mol. The van der Waals surface area contributed by atoms with E-state index in [1.54, 1.807) is 36.4 Å². The third-order valence-electron chi connectivity index (χ3n) is 4.39. The number of anilines is 1. The van der Waals surface area contributed by atoms with Gasteiger partial charge in [0.1, 0.15) is 5.75 Å². The van der Waals surface area contributed by atoms with Crippen molar-refractivity contribution in [1.29, 1.82) is 0 Å². The SMILES string of the molecule is COc1ccccc1NC(=O)c1cn(CCNC(=O)c2ccc3c(c2)OCO3)nn1. The fourth-order valence-electron chi connectivity index (χ4n) is 2.87. The Morgan fingerprint density at radius 3 is 2.83 bits per heavy atom. The van der Waals surface area contributed by atoms with Gasteiger partial charge in [0, 0.05) is 12.1 Å². The molecule has 1 aromatic heterocycles. The van der Waals surface area contributed by atoms with E-state index in [-0.39, 0.29) is 18.4 Å². The van der Waals surface area contributed by atoms with Crippen molar-refractivity contribution in [3.8, 4) is 17.2 Å². The summed E-state index contributed by atoms with van der Waals surface area (Å²) in [5, 5.41) is 13.3. The largest absolute Gasteiger partial charge is 0.495 e. The number of hydrogen-bond acceptors (Lipinski definition) is 7. The fourth-order valence-corrected chi connectivity index (χ4v) is 2.87. The highest BCUT2D eigenvalue weighted by Crippen LogP contribution is 2.32. The summed E-state index contributed by atoms with van der Waals surface area (Å²) in [7, 11) is 1.53. The number of hydrogen-bond donors (Lipinski definition) is 2. The Bertz CT molecular complexity index is 1080. The van der Waals surface area contributed by atoms with Gasteiger partial charge >= 0.3 is 0 Å². The van der Waals surface area contributed by atoms with Crippen molar-refractivity contribution >= 4 is 17.5 Å². The molecule has 10 heteroatoms. The first-order valence-electron chi connectivity index (χ1n) is 9.16. The summed E-state index contributed by atoms with van der Waals surface area (Å²) in [5.74, 6) is 1.06. The maximum atomic E-state index is 12.4. The molecule has 2 heterocycles. The molecule has 0 radical (unpaired) electrons. The van der Waals surface area contributed by atoms with E-state index in [4.69, 9.17) is 14.2 Å². The summed E-state index contributed by atoms with van der Waals surface area (Å²) in [6.45, 7) is 0.815. The van der Waals surface area contributed by atoms with Gasteiger partial charge in [-0.25, -0.2) is 4.68 Å². The topological polar surface area (TPSA) is 117 Å². The van der Waals surface area contributed by atoms with Crippen LogP contribution in [0.5, 0.6) is 17.2 Å². The third-order valence-corrected chi connectivity index (χ3v) is 4.39. The Balaban J connectivity index is 1.30. The van der Waals surface area contributed by atoms with Crippen LogP contribution in [0, 0.1) is 0 Å². The van der Waals surface area contributed by atoms with Gasteiger partial charge in [-0.2, -0.15) is 0 Å². The van der Waals surface area contributed by atoms with Crippen LogP contribution in [0.1, 0.15) is 20.8 Å². The van der Waals surface area contributed by atoms with E-state index in [2.05, 4.69) is 20.9 Å². The van der Waals surface area contributed by atoms with Crippen molar-refractivity contribution in [2.45, 2.75) is 6.54 Å². The minimum Gasteiger partial charge on any atom is -0.495 e. The number of amides is 2. The van der Waals surface area contributed by atoms with Crippen LogP contribution < -0.4 is 24.8 Å². The minimum absolute atomic E-state index is 0.152. The van der Waals surface area contributed by atoms with Crippen LogP contribution in [0.2, 0.25) is 0 Å². The van der Waals surface area contributed by atoms with E-state index < -0.39 is 5.91 Å². The summed E-state index contributed by atoms with van der Waals surface area (Å²) >= 11 is 0.